The monoisotopic (exact) mass is 522 g/mol. The molecule has 0 aliphatic heterocycles. The maximum atomic E-state index is 10.9. The normalized spacial score (nSPS) is 11.1. The van der Waals surface area contributed by atoms with Gasteiger partial charge in [0.2, 0.25) is 0 Å². The molecule has 2 aromatic rings. The fourth-order valence-corrected chi connectivity index (χ4v) is 7.91. The minimum atomic E-state index is -0.153. The summed E-state index contributed by atoms with van der Waals surface area (Å²) in [4.78, 5) is 21.8. The van der Waals surface area contributed by atoms with E-state index in [9.17, 15) is 9.59 Å². The van der Waals surface area contributed by atoms with Crippen LogP contribution in [0.25, 0.3) is 12.2 Å². The summed E-state index contributed by atoms with van der Waals surface area (Å²) in [7, 11) is 0. The van der Waals surface area contributed by atoms with Crippen molar-refractivity contribution in [2.75, 3.05) is 0 Å². The Morgan fingerprint density at radius 3 is 1.32 bits per heavy atom. The third kappa shape index (κ3) is 5.24. The predicted molar refractivity (Wildman–Crippen MR) is 93.2 cm³/mol. The van der Waals surface area contributed by atoms with E-state index in [-0.39, 0.29) is 34.1 Å². The molecule has 0 radical (unpaired) electrons. The summed E-state index contributed by atoms with van der Waals surface area (Å²) in [6.45, 7) is 0. The van der Waals surface area contributed by atoms with E-state index in [0.29, 0.717) is 0 Å². The van der Waals surface area contributed by atoms with Crippen molar-refractivity contribution in [2.45, 2.75) is 0 Å². The van der Waals surface area contributed by atoms with Crippen molar-refractivity contribution in [3.8, 4) is 0 Å². The number of hydrogen-bond acceptors (Lipinski definition) is 2. The minimum absolute atomic E-state index is 0.153. The van der Waals surface area contributed by atoms with Crippen LogP contribution in [0.5, 0.6) is 0 Å². The number of benzene rings is 2. The van der Waals surface area contributed by atoms with Gasteiger partial charge in [-0.1, -0.05) is 0 Å². The van der Waals surface area contributed by atoms with Crippen molar-refractivity contribution in [3.63, 3.8) is 0 Å². The van der Waals surface area contributed by atoms with Crippen LogP contribution in [0.1, 0.15) is 31.8 Å². The molecule has 2 rings (SSSR count). The zero-order valence-electron chi connectivity index (χ0n) is 11.7. The molecule has 110 valence electrons. The van der Waals surface area contributed by atoms with E-state index in [1.165, 1.54) is 0 Å². The van der Waals surface area contributed by atoms with Gasteiger partial charge in [0.25, 0.3) is 0 Å². The van der Waals surface area contributed by atoms with Gasteiger partial charge in [-0.25, -0.2) is 0 Å². The van der Waals surface area contributed by atoms with Crippen molar-refractivity contribution in [1.82, 2.24) is 0 Å². The van der Waals surface area contributed by atoms with Gasteiger partial charge in [0, 0.05) is 0 Å². The van der Waals surface area contributed by atoms with Gasteiger partial charge in [-0.2, -0.15) is 0 Å². The van der Waals surface area contributed by atoms with E-state index >= 15 is 0 Å². The molecule has 0 N–H and O–H groups in total. The van der Waals surface area contributed by atoms with Gasteiger partial charge in [0.05, 0.1) is 0 Å². The number of hydrogen-bond donors (Lipinski definition) is 0. The number of carbonyl (C=O) groups excluding carboxylic acids is 2. The summed E-state index contributed by atoms with van der Waals surface area (Å²) in [6.07, 6.45) is 5.91. The Balaban J connectivity index is 1.89. The van der Waals surface area contributed by atoms with E-state index in [0.717, 1.165) is 34.8 Å². The first-order valence-corrected chi connectivity index (χ1v) is 16.6. The molecule has 0 amide bonds. The summed E-state index contributed by atoms with van der Waals surface area (Å²) >= 11 is -0.305. The van der Waals surface area contributed by atoms with Crippen LogP contribution in [0.3, 0.4) is 0 Å². The molecule has 22 heavy (non-hydrogen) atoms. The van der Waals surface area contributed by atoms with Gasteiger partial charge < -0.3 is 0 Å². The summed E-state index contributed by atoms with van der Waals surface area (Å²) < 4.78 is 4.48. The Bertz CT molecular complexity index is 644. The van der Waals surface area contributed by atoms with Gasteiger partial charge in [-0.3, -0.25) is 0 Å². The summed E-state index contributed by atoms with van der Waals surface area (Å²) in [6, 6.07) is 15.2. The van der Waals surface area contributed by atoms with Crippen LogP contribution >= 0.6 is 0 Å². The number of rotatable bonds is 7. The Morgan fingerprint density at radius 2 is 0.955 bits per heavy atom. The zero-order valence-corrected chi connectivity index (χ0v) is 16.4. The second kappa shape index (κ2) is 9.77. The molecule has 0 saturated carbocycles. The average Bonchev–Trinajstić information content (AvgIpc) is 2.58. The van der Waals surface area contributed by atoms with Crippen LogP contribution < -0.4 is 0 Å². The first-order chi connectivity index (χ1) is 10.8. The fraction of sp³-hybridized carbons (Fsp3) is 0. The van der Waals surface area contributed by atoms with Gasteiger partial charge in [-0.05, 0) is 0 Å². The van der Waals surface area contributed by atoms with E-state index < -0.39 is 0 Å². The van der Waals surface area contributed by atoms with Gasteiger partial charge in [0.15, 0.2) is 0 Å². The second-order valence-electron chi connectivity index (χ2n) is 4.29. The molecule has 4 heteroatoms. The van der Waals surface area contributed by atoms with E-state index in [4.69, 9.17) is 0 Å². The number of aldehydes is 2. The van der Waals surface area contributed by atoms with Crippen molar-refractivity contribution in [2.24, 2.45) is 0 Å². The van der Waals surface area contributed by atoms with Crippen molar-refractivity contribution < 1.29 is 9.59 Å². The van der Waals surface area contributed by atoms with Gasteiger partial charge in [-0.15, -0.1) is 0 Å². The Hall–Kier alpha value is -1.16. The number of carbonyl (C=O) groups is 2. The van der Waals surface area contributed by atoms with Crippen LogP contribution in [0.2, 0.25) is 0 Å². The molecular formula is C18H14O2Te2. The Labute approximate surface area is 146 Å². The second-order valence-corrected chi connectivity index (χ2v) is 14.3. The molecule has 0 spiro atoms. The average molecular weight is 518 g/mol. The molecule has 0 aromatic heterocycles. The zero-order chi connectivity index (χ0) is 15.6. The molecule has 0 aliphatic carbocycles. The molecule has 0 bridgehead atoms. The topological polar surface area (TPSA) is 34.1 Å². The Morgan fingerprint density at radius 1 is 0.591 bits per heavy atom. The van der Waals surface area contributed by atoms with Crippen molar-refractivity contribution in [1.29, 1.82) is 0 Å². The van der Waals surface area contributed by atoms with Crippen LogP contribution in [0, 0.1) is 0 Å². The molecule has 2 aromatic carbocycles. The first kappa shape index (κ1) is 17.2. The SMILES string of the molecule is O=Cc1ccccc1/C=C/[Te][Te]/C=C/c1ccccc1C=O. The Kier molecular flexibility index (Phi) is 7.64. The molecular weight excluding hydrogens is 503 g/mol. The van der Waals surface area contributed by atoms with E-state index in [1.807, 2.05) is 48.5 Å². The quantitative estimate of drug-likeness (QED) is 0.321. The molecule has 0 fully saturated rings. The molecule has 0 aliphatic rings. The fourth-order valence-electron chi connectivity index (χ4n) is 1.81. The van der Waals surface area contributed by atoms with Gasteiger partial charge >= 0.3 is 147 Å². The molecule has 0 atom stereocenters. The van der Waals surface area contributed by atoms with Crippen LogP contribution in [0.4, 0.5) is 0 Å². The van der Waals surface area contributed by atoms with E-state index in [1.54, 1.807) is 0 Å². The summed E-state index contributed by atoms with van der Waals surface area (Å²) in [5.41, 5.74) is 3.46. The van der Waals surface area contributed by atoms with Crippen LogP contribution in [-0.2, 0) is 0 Å². The third-order valence-electron chi connectivity index (χ3n) is 2.91. The summed E-state index contributed by atoms with van der Waals surface area (Å²) in [5.74, 6) is 0. The van der Waals surface area contributed by atoms with E-state index in [2.05, 4.69) is 20.4 Å². The third-order valence-corrected chi connectivity index (χ3v) is 11.0. The molecule has 0 heterocycles. The van der Waals surface area contributed by atoms with Gasteiger partial charge in [0.1, 0.15) is 0 Å². The molecule has 0 unspecified atom stereocenters. The summed E-state index contributed by atoms with van der Waals surface area (Å²) in [5, 5.41) is 0. The first-order valence-electron chi connectivity index (χ1n) is 6.59. The molecule has 0 saturated heterocycles. The maximum absolute atomic E-state index is 10.9. The molecule has 2 nitrogen and oxygen atoms in total. The van der Waals surface area contributed by atoms with Crippen molar-refractivity contribution in [3.05, 3.63) is 79.0 Å². The standard InChI is InChI=1S/C18H14O2Te2/c19-13-17-7-3-1-5-15(17)9-11-21-22-12-10-16-6-2-4-8-18(16)14-20/h1-14H/b11-9+,12-10+. The predicted octanol–water partition coefficient (Wildman–Crippen LogP) is 3.28. The van der Waals surface area contributed by atoms with Crippen molar-refractivity contribution >= 4 is 58.8 Å². The van der Waals surface area contributed by atoms with Crippen LogP contribution in [0.15, 0.2) is 56.8 Å². The van der Waals surface area contributed by atoms with Crippen LogP contribution in [-0.4, -0.2) is 46.7 Å².